The number of para-hydroxylation sites is 1. The first kappa shape index (κ1) is 22.5. The van der Waals surface area contributed by atoms with E-state index in [1.807, 2.05) is 36.4 Å². The number of nitrogens with zero attached hydrogens (tertiary/aromatic N) is 3. The lowest BCUT2D eigenvalue weighted by molar-refractivity contribution is 0.102. The van der Waals surface area contributed by atoms with Crippen LogP contribution in [0.5, 0.6) is 5.75 Å². The molecule has 3 heterocycles. The van der Waals surface area contributed by atoms with Crippen LogP contribution in [0.4, 0.5) is 5.13 Å². The third-order valence-corrected chi connectivity index (χ3v) is 7.06. The standard InChI is InChI=1S/C26H23ClN4O2S/c1-33-23-5-3-2-4-19(23)21-14-28-12-10-20(21)25(32)30-26-29-22-11-13-31(16-24(22)34-26)15-17-6-8-18(27)9-7-17/h2-10,12,14H,11,13,15-16H2,1H3,(H,29,30,32). The zero-order valence-electron chi connectivity index (χ0n) is 18.6. The maximum absolute atomic E-state index is 13.2. The average Bonchev–Trinajstić information content (AvgIpc) is 3.27. The van der Waals surface area contributed by atoms with Crippen molar-refractivity contribution < 1.29 is 9.53 Å². The van der Waals surface area contributed by atoms with Crippen molar-refractivity contribution in [2.45, 2.75) is 19.5 Å². The molecule has 2 aromatic heterocycles. The van der Waals surface area contributed by atoms with Gasteiger partial charge in [0.15, 0.2) is 5.13 Å². The van der Waals surface area contributed by atoms with Gasteiger partial charge >= 0.3 is 0 Å². The van der Waals surface area contributed by atoms with Gasteiger partial charge in [0.2, 0.25) is 0 Å². The van der Waals surface area contributed by atoms with E-state index in [0.29, 0.717) is 22.0 Å². The van der Waals surface area contributed by atoms with E-state index in [4.69, 9.17) is 21.3 Å². The number of anilines is 1. The molecule has 0 radical (unpaired) electrons. The molecule has 34 heavy (non-hydrogen) atoms. The number of carbonyl (C=O) groups is 1. The summed E-state index contributed by atoms with van der Waals surface area (Å²) in [4.78, 5) is 25.7. The van der Waals surface area contributed by atoms with Crippen LogP contribution in [-0.4, -0.2) is 34.4 Å². The van der Waals surface area contributed by atoms with Crippen molar-refractivity contribution in [2.24, 2.45) is 0 Å². The predicted octanol–water partition coefficient (Wildman–Crippen LogP) is 5.68. The zero-order chi connectivity index (χ0) is 23.5. The monoisotopic (exact) mass is 490 g/mol. The van der Waals surface area contributed by atoms with Crippen LogP contribution in [0.15, 0.2) is 67.0 Å². The number of hydrogen-bond donors (Lipinski definition) is 1. The summed E-state index contributed by atoms with van der Waals surface area (Å²) >= 11 is 7.54. The second-order valence-corrected chi connectivity index (χ2v) is 9.57. The van der Waals surface area contributed by atoms with Gasteiger partial charge in [-0.05, 0) is 29.8 Å². The van der Waals surface area contributed by atoms with Crippen LogP contribution in [0.25, 0.3) is 11.1 Å². The molecule has 0 unspecified atom stereocenters. The minimum absolute atomic E-state index is 0.215. The first-order valence-electron chi connectivity index (χ1n) is 10.9. The molecule has 0 saturated carbocycles. The Bertz CT molecular complexity index is 1320. The summed E-state index contributed by atoms with van der Waals surface area (Å²) in [5, 5.41) is 4.36. The zero-order valence-corrected chi connectivity index (χ0v) is 20.2. The fourth-order valence-electron chi connectivity index (χ4n) is 4.12. The van der Waals surface area contributed by atoms with Gasteiger partial charge in [-0.15, -0.1) is 11.3 Å². The molecule has 8 heteroatoms. The second kappa shape index (κ2) is 9.93. The summed E-state index contributed by atoms with van der Waals surface area (Å²) in [6.07, 6.45) is 4.17. The Morgan fingerprint density at radius 2 is 1.97 bits per heavy atom. The largest absolute Gasteiger partial charge is 0.496 e. The van der Waals surface area contributed by atoms with Crippen molar-refractivity contribution in [3.63, 3.8) is 0 Å². The number of methoxy groups -OCH3 is 1. The van der Waals surface area contributed by atoms with Crippen molar-refractivity contribution >= 4 is 34.0 Å². The molecule has 5 rings (SSSR count). The normalized spacial score (nSPS) is 13.4. The highest BCUT2D eigenvalue weighted by Gasteiger charge is 2.23. The van der Waals surface area contributed by atoms with Gasteiger partial charge in [0.25, 0.3) is 5.91 Å². The quantitative estimate of drug-likeness (QED) is 0.376. The first-order valence-corrected chi connectivity index (χ1v) is 12.1. The molecule has 0 fully saturated rings. The first-order chi connectivity index (χ1) is 16.6. The highest BCUT2D eigenvalue weighted by molar-refractivity contribution is 7.15. The second-order valence-electron chi connectivity index (χ2n) is 8.05. The molecule has 0 aliphatic carbocycles. The number of ether oxygens (including phenoxy) is 1. The number of thiazole rings is 1. The molecule has 172 valence electrons. The van der Waals surface area contributed by atoms with Gasteiger partial charge in [0.05, 0.1) is 18.4 Å². The Balaban J connectivity index is 1.32. The van der Waals surface area contributed by atoms with Gasteiger partial charge in [-0.1, -0.05) is 41.9 Å². The number of benzene rings is 2. The lowest BCUT2D eigenvalue weighted by atomic mass is 10.0. The highest BCUT2D eigenvalue weighted by atomic mass is 35.5. The Labute approximate surface area is 207 Å². The van der Waals surface area contributed by atoms with Crippen molar-refractivity contribution in [1.29, 1.82) is 0 Å². The smallest absolute Gasteiger partial charge is 0.258 e. The number of fused-ring (bicyclic) bond motifs is 1. The van der Waals surface area contributed by atoms with Crippen LogP contribution in [0.1, 0.15) is 26.5 Å². The third-order valence-electron chi connectivity index (χ3n) is 5.81. The Morgan fingerprint density at radius 1 is 1.15 bits per heavy atom. The lowest BCUT2D eigenvalue weighted by Crippen LogP contribution is -2.29. The summed E-state index contributed by atoms with van der Waals surface area (Å²) in [6, 6.07) is 17.3. The molecule has 0 atom stereocenters. The highest BCUT2D eigenvalue weighted by Crippen LogP contribution is 2.33. The molecular formula is C26H23ClN4O2S. The van der Waals surface area contributed by atoms with Crippen LogP contribution >= 0.6 is 22.9 Å². The summed E-state index contributed by atoms with van der Waals surface area (Å²) in [7, 11) is 1.62. The van der Waals surface area contributed by atoms with Crippen molar-refractivity contribution in [1.82, 2.24) is 14.9 Å². The van der Waals surface area contributed by atoms with Crippen molar-refractivity contribution in [3.8, 4) is 16.9 Å². The van der Waals surface area contributed by atoms with Gasteiger partial charge in [-0.25, -0.2) is 4.98 Å². The van der Waals surface area contributed by atoms with Crippen molar-refractivity contribution in [3.05, 3.63) is 93.7 Å². The van der Waals surface area contributed by atoms with E-state index in [1.54, 1.807) is 25.6 Å². The molecule has 0 saturated heterocycles. The van der Waals surface area contributed by atoms with E-state index in [1.165, 1.54) is 21.8 Å². The molecule has 0 bridgehead atoms. The number of pyridine rings is 1. The molecule has 4 aromatic rings. The van der Waals surface area contributed by atoms with Crippen LogP contribution in [0.3, 0.4) is 0 Å². The number of carbonyl (C=O) groups excluding carboxylic acids is 1. The van der Waals surface area contributed by atoms with Gasteiger partial charge < -0.3 is 4.74 Å². The van der Waals surface area contributed by atoms with Crippen LogP contribution in [0.2, 0.25) is 5.02 Å². The van der Waals surface area contributed by atoms with E-state index in [-0.39, 0.29) is 5.91 Å². The SMILES string of the molecule is COc1ccccc1-c1cnccc1C(=O)Nc1nc2c(s1)CN(Cc1ccc(Cl)cc1)CC2. The third kappa shape index (κ3) is 4.82. The minimum Gasteiger partial charge on any atom is -0.496 e. The fourth-order valence-corrected chi connectivity index (χ4v) is 5.30. The summed E-state index contributed by atoms with van der Waals surface area (Å²) < 4.78 is 5.49. The molecule has 0 spiro atoms. The Morgan fingerprint density at radius 3 is 2.79 bits per heavy atom. The van der Waals surface area contributed by atoms with Crippen LogP contribution < -0.4 is 10.1 Å². The summed E-state index contributed by atoms with van der Waals surface area (Å²) in [5.41, 5.74) is 4.35. The molecule has 6 nitrogen and oxygen atoms in total. The van der Waals surface area contributed by atoms with E-state index in [2.05, 4.69) is 27.3 Å². The summed E-state index contributed by atoms with van der Waals surface area (Å²) in [6.45, 7) is 2.59. The molecule has 1 aliphatic heterocycles. The van der Waals surface area contributed by atoms with Crippen LogP contribution in [0, 0.1) is 0 Å². The summed E-state index contributed by atoms with van der Waals surface area (Å²) in [5.74, 6) is 0.475. The molecular weight excluding hydrogens is 468 g/mol. The number of halogens is 1. The number of amides is 1. The van der Waals surface area contributed by atoms with E-state index in [9.17, 15) is 4.79 Å². The van der Waals surface area contributed by atoms with Crippen LogP contribution in [-0.2, 0) is 19.5 Å². The van der Waals surface area contributed by atoms with Crippen molar-refractivity contribution in [2.75, 3.05) is 19.0 Å². The number of nitrogens with one attached hydrogen (secondary N) is 1. The van der Waals surface area contributed by atoms with E-state index >= 15 is 0 Å². The molecule has 2 aromatic carbocycles. The maximum atomic E-state index is 13.2. The van der Waals surface area contributed by atoms with Gasteiger partial charge in [0, 0.05) is 59.5 Å². The average molecular weight is 491 g/mol. The van der Waals surface area contributed by atoms with E-state index < -0.39 is 0 Å². The predicted molar refractivity (Wildman–Crippen MR) is 136 cm³/mol. The van der Waals surface area contributed by atoms with E-state index in [0.717, 1.165) is 42.3 Å². The van der Waals surface area contributed by atoms with Gasteiger partial charge in [-0.2, -0.15) is 0 Å². The Hall–Kier alpha value is -3.26. The lowest BCUT2D eigenvalue weighted by Gasteiger charge is -2.25. The number of hydrogen-bond acceptors (Lipinski definition) is 6. The number of rotatable bonds is 6. The molecule has 1 amide bonds. The topological polar surface area (TPSA) is 67.3 Å². The fraction of sp³-hybridized carbons (Fsp3) is 0.192. The molecule has 1 N–H and O–H groups in total. The Kier molecular flexibility index (Phi) is 6.58. The molecule has 1 aliphatic rings. The minimum atomic E-state index is -0.215. The maximum Gasteiger partial charge on any atom is 0.258 e. The van der Waals surface area contributed by atoms with Gasteiger partial charge in [-0.3, -0.25) is 20.0 Å². The number of aromatic nitrogens is 2. The van der Waals surface area contributed by atoms with Gasteiger partial charge in [0.1, 0.15) is 5.75 Å².